The van der Waals surface area contributed by atoms with Crippen LogP contribution in [0.4, 0.5) is 0 Å². The minimum atomic E-state index is 0.696. The van der Waals surface area contributed by atoms with Crippen LogP contribution in [0, 0.1) is 5.92 Å². The average molecular weight is 254 g/mol. The van der Waals surface area contributed by atoms with Crippen molar-refractivity contribution in [3.63, 3.8) is 0 Å². The highest BCUT2D eigenvalue weighted by molar-refractivity contribution is 4.79. The van der Waals surface area contributed by atoms with E-state index in [9.17, 15) is 0 Å². The number of nitrogens with zero attached hydrogens (tertiary/aromatic N) is 1. The van der Waals surface area contributed by atoms with Crippen molar-refractivity contribution in [3.05, 3.63) is 0 Å². The maximum atomic E-state index is 3.48. The second-order valence-electron chi connectivity index (χ2n) is 6.19. The van der Waals surface area contributed by atoms with Gasteiger partial charge in [0.05, 0.1) is 0 Å². The summed E-state index contributed by atoms with van der Waals surface area (Å²) < 4.78 is 0. The van der Waals surface area contributed by atoms with Crippen LogP contribution in [0.1, 0.15) is 66.2 Å². The Morgan fingerprint density at radius 1 is 1.17 bits per heavy atom. The molecule has 0 aliphatic carbocycles. The molecule has 0 aromatic carbocycles. The van der Waals surface area contributed by atoms with E-state index in [2.05, 4.69) is 37.9 Å². The predicted octanol–water partition coefficient (Wildman–Crippen LogP) is 3.67. The van der Waals surface area contributed by atoms with Gasteiger partial charge in [0, 0.05) is 18.6 Å². The van der Waals surface area contributed by atoms with Crippen LogP contribution in [0.15, 0.2) is 0 Å². The van der Waals surface area contributed by atoms with Crippen LogP contribution in [-0.2, 0) is 0 Å². The predicted molar refractivity (Wildman–Crippen MR) is 81.0 cm³/mol. The molecule has 1 atom stereocenters. The lowest BCUT2D eigenvalue weighted by molar-refractivity contribution is 0.106. The van der Waals surface area contributed by atoms with E-state index in [1.807, 2.05) is 0 Å². The van der Waals surface area contributed by atoms with E-state index >= 15 is 0 Å². The molecule has 0 aromatic rings. The van der Waals surface area contributed by atoms with Gasteiger partial charge in [-0.2, -0.15) is 0 Å². The van der Waals surface area contributed by atoms with Crippen molar-refractivity contribution in [2.24, 2.45) is 5.92 Å². The number of nitrogens with one attached hydrogen (secondary N) is 1. The van der Waals surface area contributed by atoms with Crippen LogP contribution in [-0.4, -0.2) is 36.6 Å². The highest BCUT2D eigenvalue weighted by Gasteiger charge is 2.23. The lowest BCUT2D eigenvalue weighted by Crippen LogP contribution is -2.45. The first-order valence-corrected chi connectivity index (χ1v) is 8.15. The molecule has 2 nitrogen and oxygen atoms in total. The molecule has 1 heterocycles. The van der Waals surface area contributed by atoms with E-state index in [1.165, 1.54) is 58.2 Å². The molecule has 0 radical (unpaired) electrons. The molecule has 1 unspecified atom stereocenters. The van der Waals surface area contributed by atoms with Crippen LogP contribution < -0.4 is 5.32 Å². The number of hydrogen-bond acceptors (Lipinski definition) is 2. The molecule has 0 amide bonds. The van der Waals surface area contributed by atoms with Gasteiger partial charge in [0.2, 0.25) is 0 Å². The second kappa shape index (κ2) is 8.92. The van der Waals surface area contributed by atoms with Crippen LogP contribution in [0.2, 0.25) is 0 Å². The molecule has 0 saturated carbocycles. The van der Waals surface area contributed by atoms with Gasteiger partial charge in [-0.1, -0.05) is 26.7 Å². The monoisotopic (exact) mass is 254 g/mol. The Hall–Kier alpha value is -0.0800. The van der Waals surface area contributed by atoms with Gasteiger partial charge >= 0.3 is 0 Å². The largest absolute Gasteiger partial charge is 0.317 e. The minimum absolute atomic E-state index is 0.696. The Morgan fingerprint density at radius 2 is 1.83 bits per heavy atom. The van der Waals surface area contributed by atoms with Crippen LogP contribution in [0.3, 0.4) is 0 Å². The molecular formula is C16H34N2. The van der Waals surface area contributed by atoms with Gasteiger partial charge < -0.3 is 5.32 Å². The van der Waals surface area contributed by atoms with Gasteiger partial charge in [-0.25, -0.2) is 0 Å². The lowest BCUT2D eigenvalue weighted by Gasteiger charge is -2.38. The molecule has 1 fully saturated rings. The number of unbranched alkanes of at least 4 members (excludes halogenated alkanes) is 1. The molecule has 0 spiro atoms. The summed E-state index contributed by atoms with van der Waals surface area (Å²) >= 11 is 0. The summed E-state index contributed by atoms with van der Waals surface area (Å²) in [6.07, 6.45) is 8.14. The standard InChI is InChI=1S/C16H34N2/c1-5-7-8-16(6-2)18(14(3)4)13-15-9-11-17-12-10-15/h14-17H,5-13H2,1-4H3. The molecule has 0 aromatic heterocycles. The molecule has 18 heavy (non-hydrogen) atoms. The molecule has 1 N–H and O–H groups in total. The quantitative estimate of drug-likeness (QED) is 0.711. The molecule has 2 heteroatoms. The zero-order chi connectivity index (χ0) is 13.4. The van der Waals surface area contributed by atoms with E-state index in [1.54, 1.807) is 0 Å². The smallest absolute Gasteiger partial charge is 0.00954 e. The van der Waals surface area contributed by atoms with Crippen LogP contribution >= 0.6 is 0 Å². The summed E-state index contributed by atoms with van der Waals surface area (Å²) in [5.74, 6) is 0.921. The normalized spacial score (nSPS) is 19.7. The first kappa shape index (κ1) is 16.0. The maximum Gasteiger partial charge on any atom is 0.00954 e. The van der Waals surface area contributed by atoms with E-state index in [0.717, 1.165) is 12.0 Å². The first-order valence-electron chi connectivity index (χ1n) is 8.15. The van der Waals surface area contributed by atoms with Crippen molar-refractivity contribution in [1.29, 1.82) is 0 Å². The maximum absolute atomic E-state index is 3.48. The number of hydrogen-bond donors (Lipinski definition) is 1. The Morgan fingerprint density at radius 3 is 2.33 bits per heavy atom. The Kier molecular flexibility index (Phi) is 7.92. The highest BCUT2D eigenvalue weighted by Crippen LogP contribution is 2.21. The van der Waals surface area contributed by atoms with Crippen LogP contribution in [0.25, 0.3) is 0 Å². The fourth-order valence-electron chi connectivity index (χ4n) is 3.19. The number of rotatable bonds is 8. The second-order valence-corrected chi connectivity index (χ2v) is 6.19. The highest BCUT2D eigenvalue weighted by atomic mass is 15.2. The van der Waals surface area contributed by atoms with Gasteiger partial charge in [-0.3, -0.25) is 4.90 Å². The van der Waals surface area contributed by atoms with Crippen molar-refractivity contribution in [1.82, 2.24) is 10.2 Å². The molecule has 1 aliphatic rings. The van der Waals surface area contributed by atoms with E-state index in [0.29, 0.717) is 6.04 Å². The van der Waals surface area contributed by atoms with E-state index < -0.39 is 0 Å². The molecule has 108 valence electrons. The van der Waals surface area contributed by atoms with Crippen molar-refractivity contribution in [3.8, 4) is 0 Å². The topological polar surface area (TPSA) is 15.3 Å². The summed E-state index contributed by atoms with van der Waals surface area (Å²) in [5, 5.41) is 3.48. The summed E-state index contributed by atoms with van der Waals surface area (Å²) in [4.78, 5) is 2.78. The minimum Gasteiger partial charge on any atom is -0.317 e. The van der Waals surface area contributed by atoms with E-state index in [-0.39, 0.29) is 0 Å². The molecule has 1 aliphatic heterocycles. The zero-order valence-electron chi connectivity index (χ0n) is 13.0. The van der Waals surface area contributed by atoms with Gasteiger partial charge in [0.25, 0.3) is 0 Å². The number of piperidine rings is 1. The van der Waals surface area contributed by atoms with Gasteiger partial charge in [0.15, 0.2) is 0 Å². The van der Waals surface area contributed by atoms with Gasteiger partial charge in [-0.05, 0) is 58.5 Å². The molecule has 0 bridgehead atoms. The van der Waals surface area contributed by atoms with Gasteiger partial charge in [0.1, 0.15) is 0 Å². The van der Waals surface area contributed by atoms with Gasteiger partial charge in [-0.15, -0.1) is 0 Å². The summed E-state index contributed by atoms with van der Waals surface area (Å²) in [6.45, 7) is 13.2. The summed E-state index contributed by atoms with van der Waals surface area (Å²) in [5.41, 5.74) is 0. The van der Waals surface area contributed by atoms with Crippen LogP contribution in [0.5, 0.6) is 0 Å². The van der Waals surface area contributed by atoms with E-state index in [4.69, 9.17) is 0 Å². The SMILES string of the molecule is CCCCC(CC)N(CC1CCNCC1)C(C)C. The van der Waals surface area contributed by atoms with Crippen molar-refractivity contribution >= 4 is 0 Å². The fourth-order valence-corrected chi connectivity index (χ4v) is 3.19. The third kappa shape index (κ3) is 5.27. The molecule has 1 rings (SSSR count). The third-order valence-electron chi connectivity index (χ3n) is 4.42. The summed E-state index contributed by atoms with van der Waals surface area (Å²) in [7, 11) is 0. The molecule has 1 saturated heterocycles. The van der Waals surface area contributed by atoms with Crippen molar-refractivity contribution < 1.29 is 0 Å². The summed E-state index contributed by atoms with van der Waals surface area (Å²) in [6, 6.07) is 1.50. The van der Waals surface area contributed by atoms with Crippen molar-refractivity contribution in [2.45, 2.75) is 78.3 Å². The molecular weight excluding hydrogens is 220 g/mol. The Labute approximate surface area is 115 Å². The third-order valence-corrected chi connectivity index (χ3v) is 4.42. The fraction of sp³-hybridized carbons (Fsp3) is 1.00. The lowest BCUT2D eigenvalue weighted by atomic mass is 9.95. The zero-order valence-corrected chi connectivity index (χ0v) is 13.0. The van der Waals surface area contributed by atoms with Crippen molar-refractivity contribution in [2.75, 3.05) is 19.6 Å². The Balaban J connectivity index is 2.50. The average Bonchev–Trinajstić information content (AvgIpc) is 2.39. The Bertz CT molecular complexity index is 197. The first-order chi connectivity index (χ1) is 8.69.